The van der Waals surface area contributed by atoms with Crippen molar-refractivity contribution in [1.29, 1.82) is 0 Å². The molecule has 2 fully saturated rings. The number of rotatable bonds is 17. The molecular weight excluding hydrogens is 869 g/mol. The fourth-order valence-corrected chi connectivity index (χ4v) is 9.11. The van der Waals surface area contributed by atoms with Crippen LogP contribution in [0.15, 0.2) is 151 Å². The van der Waals surface area contributed by atoms with Gasteiger partial charge in [-0.1, -0.05) is 84.2 Å². The van der Waals surface area contributed by atoms with Crippen LogP contribution >= 0.6 is 23.5 Å². The van der Waals surface area contributed by atoms with Crippen molar-refractivity contribution in [1.82, 2.24) is 29.7 Å². The summed E-state index contributed by atoms with van der Waals surface area (Å²) in [5.74, 6) is -1.22. The molecule has 0 aliphatic carbocycles. The molecule has 7 rings (SSSR count). The van der Waals surface area contributed by atoms with Gasteiger partial charge in [0, 0.05) is 24.8 Å². The van der Waals surface area contributed by atoms with Crippen LogP contribution in [0, 0.1) is 0 Å². The van der Waals surface area contributed by atoms with Gasteiger partial charge in [-0.05, 0) is 89.6 Å². The van der Waals surface area contributed by atoms with Crippen molar-refractivity contribution < 1.29 is 42.8 Å². The lowest BCUT2D eigenvalue weighted by atomic mass is 9.99. The Morgan fingerprint density at radius 3 is 1.37 bits per heavy atom. The third-order valence-corrected chi connectivity index (χ3v) is 12.3. The third-order valence-electron chi connectivity index (χ3n) is 10.3. The first kappa shape index (κ1) is 48.9. The molecule has 2 saturated heterocycles. The van der Waals surface area contributed by atoms with Crippen molar-refractivity contribution in [3.63, 3.8) is 0 Å². The molecule has 0 bridgehead atoms. The van der Waals surface area contributed by atoms with Crippen LogP contribution in [0.2, 0.25) is 0 Å². The van der Waals surface area contributed by atoms with Crippen molar-refractivity contribution in [2.24, 2.45) is 0 Å². The molecule has 2 unspecified atom stereocenters. The summed E-state index contributed by atoms with van der Waals surface area (Å²) in [7, 11) is 7.80. The first-order chi connectivity index (χ1) is 31.6. The highest BCUT2D eigenvalue weighted by atomic mass is 32.2. The largest absolute Gasteiger partial charge is 0.459 e. The SMILES string of the molecule is C=CCOC[C@@H]1C[C@H](N(C)C)[C@@H](OC(=O)c2ccccc2)C(Sc2ncccn2)O1.CN(C)[C@H]1C[C@@H](COC(=O)c2ccccc2)OC(Sc2ncccn2)[C@@H]1OC(=O)c1ccccc1. The minimum Gasteiger partial charge on any atom is -0.459 e. The summed E-state index contributed by atoms with van der Waals surface area (Å²) in [6.07, 6.45) is 7.88. The molecule has 342 valence electrons. The van der Waals surface area contributed by atoms with E-state index in [1.54, 1.807) is 104 Å². The molecule has 0 radical (unpaired) electrons. The topological polar surface area (TPSA) is 165 Å². The maximum Gasteiger partial charge on any atom is 0.338 e. The summed E-state index contributed by atoms with van der Waals surface area (Å²) in [4.78, 5) is 59.4. The van der Waals surface area contributed by atoms with E-state index in [0.29, 0.717) is 53.1 Å². The average Bonchev–Trinajstić information content (AvgIpc) is 3.33. The Morgan fingerprint density at radius 2 is 0.985 bits per heavy atom. The van der Waals surface area contributed by atoms with Crippen LogP contribution in [-0.2, 0) is 28.4 Å². The fraction of sp³-hybridized carbons (Fsp3) is 0.354. The first-order valence-corrected chi connectivity index (χ1v) is 22.8. The number of hydrogen-bond donors (Lipinski definition) is 0. The van der Waals surface area contributed by atoms with Crippen LogP contribution in [0.3, 0.4) is 0 Å². The van der Waals surface area contributed by atoms with Gasteiger partial charge in [0.15, 0.2) is 22.5 Å². The zero-order valence-electron chi connectivity index (χ0n) is 36.7. The van der Waals surface area contributed by atoms with Crippen LogP contribution in [0.1, 0.15) is 43.9 Å². The van der Waals surface area contributed by atoms with E-state index in [0.717, 1.165) is 0 Å². The maximum atomic E-state index is 12.9. The smallest absolute Gasteiger partial charge is 0.338 e. The Balaban J connectivity index is 0.000000218. The van der Waals surface area contributed by atoms with E-state index in [4.69, 9.17) is 28.4 Å². The molecular formula is C48H54N6O9S2. The number of hydrogen-bond acceptors (Lipinski definition) is 17. The van der Waals surface area contributed by atoms with Gasteiger partial charge in [0.2, 0.25) is 0 Å². The van der Waals surface area contributed by atoms with Crippen LogP contribution < -0.4 is 0 Å². The molecule has 0 N–H and O–H groups in total. The Kier molecular flexibility index (Phi) is 19.0. The predicted octanol–water partition coefficient (Wildman–Crippen LogP) is 6.74. The molecule has 0 saturated carbocycles. The number of carbonyl (C=O) groups is 3. The Bertz CT molecular complexity index is 2220. The van der Waals surface area contributed by atoms with Crippen molar-refractivity contribution in [2.45, 2.75) is 70.5 Å². The molecule has 15 nitrogen and oxygen atoms in total. The number of ether oxygens (including phenoxy) is 6. The molecule has 0 amide bonds. The van der Waals surface area contributed by atoms with Crippen molar-refractivity contribution in [3.05, 3.63) is 157 Å². The number of carbonyl (C=O) groups excluding carboxylic acids is 3. The summed E-state index contributed by atoms with van der Waals surface area (Å²) in [5, 5.41) is 1.06. The van der Waals surface area contributed by atoms with E-state index in [9.17, 15) is 14.4 Å². The monoisotopic (exact) mass is 922 g/mol. The Labute approximate surface area is 388 Å². The van der Waals surface area contributed by atoms with E-state index < -0.39 is 41.1 Å². The molecule has 3 aromatic carbocycles. The molecule has 2 aliphatic rings. The fourth-order valence-electron chi connectivity index (χ4n) is 7.04. The van der Waals surface area contributed by atoms with Crippen LogP contribution in [0.5, 0.6) is 0 Å². The van der Waals surface area contributed by atoms with Gasteiger partial charge in [-0.15, -0.1) is 6.58 Å². The van der Waals surface area contributed by atoms with E-state index >= 15 is 0 Å². The van der Waals surface area contributed by atoms with Crippen LogP contribution in [0.4, 0.5) is 0 Å². The highest BCUT2D eigenvalue weighted by Gasteiger charge is 2.45. The second-order valence-electron chi connectivity index (χ2n) is 15.3. The number of nitrogens with zero attached hydrogens (tertiary/aromatic N) is 6. The molecule has 4 heterocycles. The molecule has 2 aromatic heterocycles. The molecule has 5 aromatic rings. The molecule has 17 heteroatoms. The zero-order chi connectivity index (χ0) is 46.0. The van der Waals surface area contributed by atoms with E-state index in [1.807, 2.05) is 63.4 Å². The molecule has 8 atom stereocenters. The van der Waals surface area contributed by atoms with Gasteiger partial charge in [-0.2, -0.15) is 0 Å². The van der Waals surface area contributed by atoms with Gasteiger partial charge in [-0.25, -0.2) is 34.3 Å². The standard InChI is InChI=1S/C26H27N3O5S.C22H27N3O4S/c1-29(2)21-16-20(17-32-23(30)18-10-5-3-6-11-18)33-25(35-26-27-14-9-15-28-26)22(21)34-24(31)19-12-7-4-8-13-19;1-4-13-27-15-17-14-18(25(2)3)19(29-20(26)16-9-6-5-7-10-16)21(28-17)30-22-23-11-8-12-24-22/h3-15,20-22,25H,16-17H2,1-2H3;4-12,17-19,21H,1,13-15H2,2-3H3/t20-,21-,22+,25?;17-,18-,19+,21?/m00/s1. The number of aromatic nitrogens is 4. The number of esters is 3. The van der Waals surface area contributed by atoms with E-state index in [1.165, 1.54) is 23.5 Å². The van der Waals surface area contributed by atoms with E-state index in [2.05, 4.69) is 31.4 Å². The summed E-state index contributed by atoms with van der Waals surface area (Å²) in [5.41, 5.74) is 0.366. The second-order valence-corrected chi connectivity index (χ2v) is 17.5. The summed E-state index contributed by atoms with van der Waals surface area (Å²) >= 11 is 2.63. The normalized spacial score (nSPS) is 22.8. The zero-order valence-corrected chi connectivity index (χ0v) is 38.4. The Morgan fingerprint density at radius 1 is 0.600 bits per heavy atom. The first-order valence-electron chi connectivity index (χ1n) is 21.0. The summed E-state index contributed by atoms with van der Waals surface area (Å²) < 4.78 is 35.7. The van der Waals surface area contributed by atoms with Crippen molar-refractivity contribution in [2.75, 3.05) is 48.0 Å². The van der Waals surface area contributed by atoms with Crippen molar-refractivity contribution in [3.8, 4) is 0 Å². The number of likely N-dealkylation sites (N-methyl/N-ethyl adjacent to an activating group) is 2. The lowest BCUT2D eigenvalue weighted by Gasteiger charge is -2.43. The highest BCUT2D eigenvalue weighted by molar-refractivity contribution is 7.99. The molecule has 65 heavy (non-hydrogen) atoms. The van der Waals surface area contributed by atoms with Gasteiger partial charge in [0.25, 0.3) is 0 Å². The third kappa shape index (κ3) is 14.7. The van der Waals surface area contributed by atoms with Gasteiger partial charge < -0.3 is 38.2 Å². The lowest BCUT2D eigenvalue weighted by molar-refractivity contribution is -0.132. The van der Waals surface area contributed by atoms with E-state index in [-0.39, 0.29) is 30.8 Å². The molecule has 2 aliphatic heterocycles. The van der Waals surface area contributed by atoms with Crippen molar-refractivity contribution >= 4 is 41.4 Å². The Hall–Kier alpha value is -5.53. The maximum absolute atomic E-state index is 12.9. The number of benzene rings is 3. The number of thioether (sulfide) groups is 2. The van der Waals surface area contributed by atoms with Crippen LogP contribution in [-0.4, -0.2) is 143 Å². The molecule has 0 spiro atoms. The minimum absolute atomic E-state index is 0.0510. The van der Waals surface area contributed by atoms with Gasteiger partial charge in [0.05, 0.1) is 54.2 Å². The minimum atomic E-state index is -0.605. The highest BCUT2D eigenvalue weighted by Crippen LogP contribution is 2.37. The van der Waals surface area contributed by atoms with Gasteiger partial charge in [-0.3, -0.25) is 0 Å². The summed E-state index contributed by atoms with van der Waals surface area (Å²) in [6.45, 7) is 4.64. The average molecular weight is 923 g/mol. The van der Waals surface area contributed by atoms with Crippen LogP contribution in [0.25, 0.3) is 0 Å². The lowest BCUT2D eigenvalue weighted by Crippen LogP contribution is -2.55. The van der Waals surface area contributed by atoms with Gasteiger partial charge >= 0.3 is 17.9 Å². The summed E-state index contributed by atoms with van der Waals surface area (Å²) in [6, 6.07) is 29.9. The van der Waals surface area contributed by atoms with Gasteiger partial charge in [0.1, 0.15) is 17.5 Å². The second kappa shape index (κ2) is 25.2. The quantitative estimate of drug-likeness (QED) is 0.0316. The predicted molar refractivity (Wildman–Crippen MR) is 246 cm³/mol.